The molecule has 3 aromatic carbocycles. The number of rotatable bonds is 3. The van der Waals surface area contributed by atoms with Crippen molar-refractivity contribution < 1.29 is 4.42 Å². The van der Waals surface area contributed by atoms with Gasteiger partial charge in [0.15, 0.2) is 0 Å². The summed E-state index contributed by atoms with van der Waals surface area (Å²) in [6, 6.07) is 16.4. The van der Waals surface area contributed by atoms with Crippen LogP contribution in [-0.2, 0) is 10.8 Å². The molecule has 2 aliphatic rings. The highest BCUT2D eigenvalue weighted by molar-refractivity contribution is 7.99. The minimum atomic E-state index is -0.241. The van der Waals surface area contributed by atoms with Crippen molar-refractivity contribution in [2.75, 3.05) is 23.7 Å². The maximum Gasteiger partial charge on any atom is 0.336 e. The molecule has 38 heavy (non-hydrogen) atoms. The maximum atomic E-state index is 12.0. The molecular formula is C33H38N2O2S. The quantitative estimate of drug-likeness (QED) is 0.152. The Balaban J connectivity index is 0.000000170. The van der Waals surface area contributed by atoms with Gasteiger partial charge in [-0.3, -0.25) is 4.99 Å². The van der Waals surface area contributed by atoms with Crippen LogP contribution >= 0.6 is 11.8 Å². The van der Waals surface area contributed by atoms with E-state index in [1.54, 1.807) is 6.07 Å². The molecule has 0 radical (unpaired) electrons. The third kappa shape index (κ3) is 4.55. The van der Waals surface area contributed by atoms with Gasteiger partial charge >= 0.3 is 5.63 Å². The zero-order valence-electron chi connectivity index (χ0n) is 23.5. The number of hydrogen-bond donors (Lipinski definition) is 0. The molecule has 2 aliphatic heterocycles. The molecule has 4 nitrogen and oxygen atoms in total. The number of nitrogens with zero attached hydrogens (tertiary/aromatic N) is 2. The van der Waals surface area contributed by atoms with E-state index in [1.807, 2.05) is 24.8 Å². The summed E-state index contributed by atoms with van der Waals surface area (Å²) in [5.74, 6) is 1.05. The van der Waals surface area contributed by atoms with Gasteiger partial charge in [-0.1, -0.05) is 65.0 Å². The van der Waals surface area contributed by atoms with Crippen LogP contribution in [0.2, 0.25) is 0 Å². The van der Waals surface area contributed by atoms with Crippen molar-refractivity contribution in [3.8, 4) is 0 Å². The topological polar surface area (TPSA) is 45.8 Å². The molecule has 0 bridgehead atoms. The summed E-state index contributed by atoms with van der Waals surface area (Å²) in [4.78, 5) is 19.8. The number of benzene rings is 3. The van der Waals surface area contributed by atoms with Crippen LogP contribution in [0, 0.1) is 6.92 Å². The lowest BCUT2D eigenvalue weighted by Crippen LogP contribution is -2.44. The molecule has 0 N–H and O–H groups in total. The zero-order chi connectivity index (χ0) is 27.2. The summed E-state index contributed by atoms with van der Waals surface area (Å²) in [5.41, 5.74) is 6.74. The second-order valence-corrected chi connectivity index (χ2v) is 13.0. The van der Waals surface area contributed by atoms with Crippen LogP contribution in [0.1, 0.15) is 64.2 Å². The average molecular weight is 527 g/mol. The van der Waals surface area contributed by atoms with Crippen LogP contribution in [0.5, 0.6) is 0 Å². The fraction of sp³-hybridized carbons (Fsp3) is 0.394. The molecule has 5 heteroatoms. The lowest BCUT2D eigenvalue weighted by atomic mass is 9.69. The molecule has 4 aromatic rings. The number of aliphatic imine (C=N–C) groups is 1. The normalized spacial score (nSPS) is 17.1. The van der Waals surface area contributed by atoms with Gasteiger partial charge in [0.2, 0.25) is 0 Å². The average Bonchev–Trinajstić information content (AvgIpc) is 2.87. The van der Waals surface area contributed by atoms with E-state index in [-0.39, 0.29) is 16.5 Å². The van der Waals surface area contributed by atoms with Crippen LogP contribution in [0.4, 0.5) is 11.4 Å². The zero-order valence-corrected chi connectivity index (χ0v) is 24.3. The Morgan fingerprint density at radius 3 is 2.42 bits per heavy atom. The third-order valence-electron chi connectivity index (χ3n) is 8.27. The minimum absolute atomic E-state index is 0.0250. The van der Waals surface area contributed by atoms with E-state index in [0.717, 1.165) is 47.5 Å². The lowest BCUT2D eigenvalue weighted by molar-refractivity contribution is 0.398. The highest BCUT2D eigenvalue weighted by Gasteiger charge is 2.41. The maximum absolute atomic E-state index is 12.0. The molecule has 1 aromatic heterocycles. The van der Waals surface area contributed by atoms with Crippen molar-refractivity contribution in [1.29, 1.82) is 0 Å². The van der Waals surface area contributed by atoms with Gasteiger partial charge < -0.3 is 9.32 Å². The summed E-state index contributed by atoms with van der Waals surface area (Å²) < 4.78 is 5.73. The first-order valence-corrected chi connectivity index (χ1v) is 14.5. The Morgan fingerprint density at radius 1 is 1.00 bits per heavy atom. The van der Waals surface area contributed by atoms with Crippen molar-refractivity contribution >= 4 is 51.6 Å². The van der Waals surface area contributed by atoms with Gasteiger partial charge in [-0.2, -0.15) is 0 Å². The van der Waals surface area contributed by atoms with E-state index in [0.29, 0.717) is 0 Å². The molecule has 3 heterocycles. The molecule has 0 saturated carbocycles. The molecule has 0 amide bonds. The highest BCUT2D eigenvalue weighted by Crippen LogP contribution is 2.51. The molecule has 0 unspecified atom stereocenters. The molecular weight excluding hydrogens is 488 g/mol. The van der Waals surface area contributed by atoms with Crippen molar-refractivity contribution in [3.63, 3.8) is 0 Å². The van der Waals surface area contributed by atoms with E-state index in [4.69, 9.17) is 4.42 Å². The molecule has 198 valence electrons. The smallest absolute Gasteiger partial charge is 0.336 e. The van der Waals surface area contributed by atoms with Gasteiger partial charge in [0.1, 0.15) is 5.58 Å². The molecule has 0 fully saturated rings. The lowest BCUT2D eigenvalue weighted by Gasteiger charge is -2.48. The number of hydrogen-bond acceptors (Lipinski definition) is 5. The highest BCUT2D eigenvalue weighted by atomic mass is 32.2. The van der Waals surface area contributed by atoms with Crippen LogP contribution in [-0.4, -0.2) is 25.6 Å². The monoisotopic (exact) mass is 526 g/mol. The Bertz CT molecular complexity index is 1600. The second kappa shape index (κ2) is 9.92. The number of aryl methyl sites for hydroxylation is 1. The third-order valence-corrected chi connectivity index (χ3v) is 9.27. The van der Waals surface area contributed by atoms with Crippen LogP contribution in [0.3, 0.4) is 0 Å². The van der Waals surface area contributed by atoms with Gasteiger partial charge in [0.25, 0.3) is 0 Å². The summed E-state index contributed by atoms with van der Waals surface area (Å²) in [6.45, 7) is 19.2. The molecule has 0 aliphatic carbocycles. The molecule has 0 spiro atoms. The summed E-state index contributed by atoms with van der Waals surface area (Å²) in [6.07, 6.45) is 2.26. The van der Waals surface area contributed by atoms with Gasteiger partial charge in [-0.25, -0.2) is 4.79 Å². The van der Waals surface area contributed by atoms with Crippen molar-refractivity contribution in [2.24, 2.45) is 4.99 Å². The van der Waals surface area contributed by atoms with Crippen LogP contribution in [0.25, 0.3) is 21.7 Å². The van der Waals surface area contributed by atoms with Crippen molar-refractivity contribution in [2.45, 2.75) is 70.1 Å². The summed E-state index contributed by atoms with van der Waals surface area (Å²) in [5, 5.41) is 3.64. The number of thioether (sulfide) groups is 1. The molecule has 6 rings (SSSR count). The van der Waals surface area contributed by atoms with Gasteiger partial charge in [0.05, 0.1) is 5.69 Å². The van der Waals surface area contributed by atoms with Crippen molar-refractivity contribution in [3.05, 3.63) is 75.6 Å². The SMILES string of the molecule is C=Nc1ccc2ccccc2c1SCC.Cc1cc(=O)oc2c3c4c(cc12)C(C)(C)CCN4CCC3(C)C. The van der Waals surface area contributed by atoms with E-state index >= 15 is 0 Å². The Morgan fingerprint density at radius 2 is 1.71 bits per heavy atom. The van der Waals surface area contributed by atoms with Crippen LogP contribution < -0.4 is 10.5 Å². The number of anilines is 1. The predicted octanol–water partition coefficient (Wildman–Crippen LogP) is 8.55. The van der Waals surface area contributed by atoms with E-state index in [9.17, 15) is 4.79 Å². The Labute approximate surface area is 230 Å². The fourth-order valence-corrected chi connectivity index (χ4v) is 6.90. The number of fused-ring (bicyclic) bond motifs is 3. The standard InChI is InChI=1S/C20H25NO2.C13H13NS/c1-12-10-15(22)23-18-13(12)11-14-17-16(18)20(4,5)7-9-21(17)8-6-19(14,2)3;1-3-15-13-11-7-5-4-6-10(11)8-9-12(13)14-2/h10-11H,6-9H2,1-5H3;4-9H,2-3H2,1H3. The minimum Gasteiger partial charge on any atom is -0.422 e. The van der Waals surface area contributed by atoms with E-state index in [1.165, 1.54) is 38.9 Å². The fourth-order valence-electron chi connectivity index (χ4n) is 5.99. The Kier molecular flexibility index (Phi) is 6.93. The molecule has 0 saturated heterocycles. The first kappa shape index (κ1) is 26.6. The first-order valence-electron chi connectivity index (χ1n) is 13.6. The Hall–Kier alpha value is -3.05. The van der Waals surface area contributed by atoms with Crippen LogP contribution in [0.15, 0.2) is 67.6 Å². The van der Waals surface area contributed by atoms with Gasteiger partial charge in [-0.05, 0) is 77.1 Å². The van der Waals surface area contributed by atoms with E-state index < -0.39 is 0 Å². The van der Waals surface area contributed by atoms with Gasteiger partial charge in [0, 0.05) is 40.7 Å². The van der Waals surface area contributed by atoms with Gasteiger partial charge in [-0.15, -0.1) is 11.8 Å². The van der Waals surface area contributed by atoms with E-state index in [2.05, 4.69) is 87.6 Å². The first-order chi connectivity index (χ1) is 18.1. The largest absolute Gasteiger partial charge is 0.422 e. The summed E-state index contributed by atoms with van der Waals surface area (Å²) >= 11 is 1.82. The molecule has 0 atom stereocenters. The summed E-state index contributed by atoms with van der Waals surface area (Å²) in [7, 11) is 0. The predicted molar refractivity (Wildman–Crippen MR) is 164 cm³/mol. The second-order valence-electron chi connectivity index (χ2n) is 11.8. The van der Waals surface area contributed by atoms with Crippen molar-refractivity contribution in [1.82, 2.24) is 0 Å².